The van der Waals surface area contributed by atoms with E-state index < -0.39 is 23.8 Å². The van der Waals surface area contributed by atoms with Gasteiger partial charge in [-0.05, 0) is 38.1 Å². The minimum atomic E-state index is -0.944. The van der Waals surface area contributed by atoms with Gasteiger partial charge >= 0.3 is 0 Å². The lowest BCUT2D eigenvalue weighted by atomic mass is 10.1. The van der Waals surface area contributed by atoms with Crippen molar-refractivity contribution in [3.05, 3.63) is 70.8 Å². The number of hydrogen-bond acceptors (Lipinski definition) is 4. The van der Waals surface area contributed by atoms with E-state index in [1.165, 1.54) is 6.92 Å². The molecule has 3 rings (SSSR count). The summed E-state index contributed by atoms with van der Waals surface area (Å²) in [5, 5.41) is 5.36. The summed E-state index contributed by atoms with van der Waals surface area (Å²) in [6.07, 6.45) is 0. The number of fused-ring (bicyclic) bond motifs is 1. The predicted molar refractivity (Wildman–Crippen MR) is 103 cm³/mol. The second-order valence-electron chi connectivity index (χ2n) is 6.61. The van der Waals surface area contributed by atoms with Gasteiger partial charge in [0.15, 0.2) is 0 Å². The first-order valence-electron chi connectivity index (χ1n) is 8.99. The van der Waals surface area contributed by atoms with Gasteiger partial charge in [0.05, 0.1) is 11.1 Å². The van der Waals surface area contributed by atoms with E-state index in [-0.39, 0.29) is 19.0 Å². The summed E-state index contributed by atoms with van der Waals surface area (Å²) in [5.74, 6) is -1.64. The zero-order valence-corrected chi connectivity index (χ0v) is 15.7. The van der Waals surface area contributed by atoms with Crippen LogP contribution >= 0.6 is 0 Å². The van der Waals surface area contributed by atoms with Crippen molar-refractivity contribution in [2.45, 2.75) is 19.9 Å². The Kier molecular flexibility index (Phi) is 5.54. The molecule has 1 heterocycles. The number of rotatable bonds is 6. The van der Waals surface area contributed by atoms with Gasteiger partial charge in [0.1, 0.15) is 6.04 Å². The molecule has 1 atom stereocenters. The zero-order valence-electron chi connectivity index (χ0n) is 15.7. The highest BCUT2D eigenvalue weighted by Gasteiger charge is 2.40. The quantitative estimate of drug-likeness (QED) is 0.588. The molecule has 1 aliphatic rings. The first kappa shape index (κ1) is 19.3. The smallest absolute Gasteiger partial charge is 0.262 e. The molecule has 0 spiro atoms. The Hall–Kier alpha value is -3.48. The van der Waals surface area contributed by atoms with Gasteiger partial charge in [-0.15, -0.1) is 0 Å². The molecule has 0 radical (unpaired) electrons. The fraction of sp³-hybridized carbons (Fsp3) is 0.238. The number of aryl methyl sites for hydroxylation is 1. The summed E-state index contributed by atoms with van der Waals surface area (Å²) in [4.78, 5) is 50.2. The average Bonchev–Trinajstić information content (AvgIpc) is 2.95. The third-order valence-corrected chi connectivity index (χ3v) is 4.62. The Bertz CT molecular complexity index is 902. The maximum Gasteiger partial charge on any atom is 0.262 e. The van der Waals surface area contributed by atoms with Gasteiger partial charge in [-0.25, -0.2) is 0 Å². The van der Waals surface area contributed by atoms with E-state index in [1.54, 1.807) is 36.4 Å². The predicted octanol–water partition coefficient (Wildman–Crippen LogP) is 1.53. The maximum absolute atomic E-state index is 12.4. The molecule has 0 saturated heterocycles. The third-order valence-electron chi connectivity index (χ3n) is 4.62. The number of nitrogens with zero attached hydrogens (tertiary/aromatic N) is 1. The van der Waals surface area contributed by atoms with E-state index >= 15 is 0 Å². The summed E-state index contributed by atoms with van der Waals surface area (Å²) in [7, 11) is 0. The number of hydrogen-bond donors (Lipinski definition) is 2. The van der Waals surface area contributed by atoms with Gasteiger partial charge in [-0.2, -0.15) is 0 Å². The van der Waals surface area contributed by atoms with Crippen LogP contribution < -0.4 is 10.6 Å². The minimum absolute atomic E-state index is 0.184. The first-order valence-corrected chi connectivity index (χ1v) is 8.99. The fourth-order valence-corrected chi connectivity index (χ4v) is 2.99. The third kappa shape index (κ3) is 3.78. The van der Waals surface area contributed by atoms with Gasteiger partial charge in [-0.1, -0.05) is 29.8 Å². The Balaban J connectivity index is 1.50. The molecular formula is C21H21N3O4. The van der Waals surface area contributed by atoms with E-state index in [4.69, 9.17) is 0 Å². The number of nitrogens with one attached hydrogen (secondary N) is 2. The number of carbonyl (C=O) groups is 4. The lowest BCUT2D eigenvalue weighted by Gasteiger charge is -2.21. The molecule has 0 aliphatic carbocycles. The molecule has 1 aliphatic heterocycles. The van der Waals surface area contributed by atoms with Crippen molar-refractivity contribution in [3.8, 4) is 0 Å². The van der Waals surface area contributed by atoms with Gasteiger partial charge < -0.3 is 10.6 Å². The molecule has 2 N–H and O–H groups in total. The highest BCUT2D eigenvalue weighted by atomic mass is 16.2. The second kappa shape index (κ2) is 8.04. The van der Waals surface area contributed by atoms with Crippen LogP contribution in [0.15, 0.2) is 48.5 Å². The number of carbonyl (C=O) groups excluding carboxylic acids is 4. The van der Waals surface area contributed by atoms with Gasteiger partial charge in [-0.3, -0.25) is 24.1 Å². The van der Waals surface area contributed by atoms with Crippen molar-refractivity contribution >= 4 is 23.6 Å². The van der Waals surface area contributed by atoms with Crippen molar-refractivity contribution in [2.75, 3.05) is 13.1 Å². The van der Waals surface area contributed by atoms with E-state index in [1.807, 2.05) is 19.1 Å². The van der Waals surface area contributed by atoms with Gasteiger partial charge in [0, 0.05) is 18.7 Å². The summed E-state index contributed by atoms with van der Waals surface area (Å²) >= 11 is 0. The SMILES string of the molecule is Cc1ccc(C(=O)NCCNC(=O)C(C)N2C(=O)c3ccccc3C2=O)cc1. The standard InChI is InChI=1S/C21H21N3O4/c1-13-7-9-15(10-8-13)19(26)23-12-11-22-18(25)14(2)24-20(27)16-5-3-4-6-17(16)21(24)28/h3-10,14H,11-12H2,1-2H3,(H,22,25)(H,23,26). The van der Waals surface area contributed by atoms with E-state index in [0.717, 1.165) is 10.5 Å². The van der Waals surface area contributed by atoms with Gasteiger partial charge in [0.25, 0.3) is 17.7 Å². The maximum atomic E-state index is 12.4. The normalized spacial score (nSPS) is 13.9. The van der Waals surface area contributed by atoms with Crippen LogP contribution in [0.25, 0.3) is 0 Å². The average molecular weight is 379 g/mol. The Labute approximate surface area is 162 Å². The van der Waals surface area contributed by atoms with Crippen LogP contribution in [-0.4, -0.2) is 47.7 Å². The topological polar surface area (TPSA) is 95.6 Å². The van der Waals surface area contributed by atoms with Crippen molar-refractivity contribution in [2.24, 2.45) is 0 Å². The lowest BCUT2D eigenvalue weighted by molar-refractivity contribution is -0.124. The van der Waals surface area contributed by atoms with E-state index in [9.17, 15) is 19.2 Å². The Morgan fingerprint density at radius 1 is 0.893 bits per heavy atom. The molecule has 2 aromatic rings. The van der Waals surface area contributed by atoms with Crippen molar-refractivity contribution in [3.63, 3.8) is 0 Å². The first-order chi connectivity index (χ1) is 13.4. The molecule has 1 unspecified atom stereocenters. The summed E-state index contributed by atoms with van der Waals surface area (Å²) in [6, 6.07) is 12.7. The van der Waals surface area contributed by atoms with E-state index in [0.29, 0.717) is 16.7 Å². The van der Waals surface area contributed by atoms with Crippen molar-refractivity contribution < 1.29 is 19.2 Å². The molecule has 4 amide bonds. The van der Waals surface area contributed by atoms with Crippen LogP contribution in [0.1, 0.15) is 43.6 Å². The zero-order chi connectivity index (χ0) is 20.3. The lowest BCUT2D eigenvalue weighted by Crippen LogP contribution is -2.49. The Morgan fingerprint density at radius 2 is 1.43 bits per heavy atom. The highest BCUT2D eigenvalue weighted by molar-refractivity contribution is 6.22. The molecule has 0 saturated carbocycles. The molecule has 7 heteroatoms. The van der Waals surface area contributed by atoms with Crippen LogP contribution in [0.5, 0.6) is 0 Å². The molecule has 0 bridgehead atoms. The summed E-state index contributed by atoms with van der Waals surface area (Å²) in [5.41, 5.74) is 2.21. The highest BCUT2D eigenvalue weighted by Crippen LogP contribution is 2.24. The van der Waals surface area contributed by atoms with Crippen molar-refractivity contribution in [1.82, 2.24) is 15.5 Å². The summed E-state index contributed by atoms with van der Waals surface area (Å²) < 4.78 is 0. The molecule has 0 fully saturated rings. The second-order valence-corrected chi connectivity index (χ2v) is 6.61. The number of benzene rings is 2. The van der Waals surface area contributed by atoms with Crippen LogP contribution in [0.2, 0.25) is 0 Å². The van der Waals surface area contributed by atoms with Crippen LogP contribution in [0, 0.1) is 6.92 Å². The molecule has 2 aromatic carbocycles. The monoisotopic (exact) mass is 379 g/mol. The number of amides is 4. The van der Waals surface area contributed by atoms with Crippen LogP contribution in [-0.2, 0) is 4.79 Å². The van der Waals surface area contributed by atoms with Gasteiger partial charge in [0.2, 0.25) is 5.91 Å². The number of imide groups is 1. The van der Waals surface area contributed by atoms with Crippen molar-refractivity contribution in [1.29, 1.82) is 0 Å². The molecule has 7 nitrogen and oxygen atoms in total. The fourth-order valence-electron chi connectivity index (χ4n) is 2.99. The molecule has 0 aromatic heterocycles. The molecule has 144 valence electrons. The van der Waals surface area contributed by atoms with Crippen LogP contribution in [0.4, 0.5) is 0 Å². The Morgan fingerprint density at radius 3 is 2.00 bits per heavy atom. The minimum Gasteiger partial charge on any atom is -0.353 e. The summed E-state index contributed by atoms with van der Waals surface area (Å²) in [6.45, 7) is 3.85. The largest absolute Gasteiger partial charge is 0.353 e. The van der Waals surface area contributed by atoms with Crippen LogP contribution in [0.3, 0.4) is 0 Å². The molecular weight excluding hydrogens is 358 g/mol. The van der Waals surface area contributed by atoms with E-state index in [2.05, 4.69) is 10.6 Å². The molecule has 28 heavy (non-hydrogen) atoms.